The van der Waals surface area contributed by atoms with Crippen molar-refractivity contribution >= 4 is 17.4 Å². The predicted molar refractivity (Wildman–Crippen MR) is 61.7 cm³/mol. The van der Waals surface area contributed by atoms with Gasteiger partial charge in [0.15, 0.2) is 12.0 Å². The second kappa shape index (κ2) is 4.76. The summed E-state index contributed by atoms with van der Waals surface area (Å²) in [4.78, 5) is 0. The first-order chi connectivity index (χ1) is 8.20. The van der Waals surface area contributed by atoms with Gasteiger partial charge in [-0.3, -0.25) is 5.32 Å². The molecule has 84 valence electrons. The Morgan fingerprint density at radius 3 is 2.65 bits per heavy atom. The standard InChI is InChI=1S/C11H6ClFN4/c12-8-5-7(1-2-9(8)13)10-3-4-11(15-6-14)17-16-10/h1-5H,(H,15,17). The van der Waals surface area contributed by atoms with E-state index in [1.807, 2.05) is 0 Å². The molecule has 0 saturated carbocycles. The maximum Gasteiger partial charge on any atom is 0.182 e. The summed E-state index contributed by atoms with van der Waals surface area (Å²) in [5.41, 5.74) is 1.21. The lowest BCUT2D eigenvalue weighted by molar-refractivity contribution is 0.628. The van der Waals surface area contributed by atoms with Crippen LogP contribution in [0, 0.1) is 17.3 Å². The third-order valence-electron chi connectivity index (χ3n) is 2.06. The molecule has 1 N–H and O–H groups in total. The summed E-state index contributed by atoms with van der Waals surface area (Å²) in [5, 5.41) is 18.4. The second-order valence-corrected chi connectivity index (χ2v) is 3.58. The number of rotatable bonds is 2. The molecule has 0 spiro atoms. The molecule has 0 aliphatic rings. The molecule has 0 atom stereocenters. The third kappa shape index (κ3) is 2.49. The Bertz CT molecular complexity index is 577. The molecule has 0 unspecified atom stereocenters. The van der Waals surface area contributed by atoms with Crippen molar-refractivity contribution in [3.8, 4) is 17.5 Å². The Hall–Kier alpha value is -2.19. The normalized spacial score (nSPS) is 9.71. The predicted octanol–water partition coefficient (Wildman–Crippen LogP) is 2.83. The quantitative estimate of drug-likeness (QED) is 0.656. The highest BCUT2D eigenvalue weighted by Crippen LogP contribution is 2.23. The Labute approximate surface area is 102 Å². The van der Waals surface area contributed by atoms with Crippen molar-refractivity contribution in [2.75, 3.05) is 5.32 Å². The van der Waals surface area contributed by atoms with Crippen LogP contribution in [0.15, 0.2) is 30.3 Å². The van der Waals surface area contributed by atoms with Crippen molar-refractivity contribution in [2.24, 2.45) is 0 Å². The average Bonchev–Trinajstić information content (AvgIpc) is 2.34. The first-order valence-electron chi connectivity index (χ1n) is 4.65. The fraction of sp³-hybridized carbons (Fsp3) is 0. The van der Waals surface area contributed by atoms with Gasteiger partial charge in [0, 0.05) is 5.56 Å². The first-order valence-corrected chi connectivity index (χ1v) is 5.03. The van der Waals surface area contributed by atoms with E-state index in [0.29, 0.717) is 17.1 Å². The fourth-order valence-electron chi connectivity index (χ4n) is 1.27. The molecule has 0 amide bonds. The van der Waals surface area contributed by atoms with Crippen LogP contribution >= 0.6 is 11.6 Å². The Kier molecular flexibility index (Phi) is 3.17. The third-order valence-corrected chi connectivity index (χ3v) is 2.35. The van der Waals surface area contributed by atoms with Gasteiger partial charge in [-0.15, -0.1) is 10.2 Å². The molecular formula is C11H6ClFN4. The van der Waals surface area contributed by atoms with Crippen LogP contribution in [0.2, 0.25) is 5.02 Å². The number of halogens is 2. The molecule has 1 aromatic carbocycles. The van der Waals surface area contributed by atoms with Crippen LogP contribution in [0.1, 0.15) is 0 Å². The van der Waals surface area contributed by atoms with Crippen LogP contribution in [0.25, 0.3) is 11.3 Å². The lowest BCUT2D eigenvalue weighted by Gasteiger charge is -2.02. The van der Waals surface area contributed by atoms with Crippen LogP contribution in [-0.4, -0.2) is 10.2 Å². The first kappa shape index (κ1) is 11.3. The SMILES string of the molecule is N#CNc1ccc(-c2ccc(F)c(Cl)c2)nn1. The van der Waals surface area contributed by atoms with Gasteiger partial charge in [-0.05, 0) is 30.3 Å². The molecule has 2 aromatic rings. The lowest BCUT2D eigenvalue weighted by atomic mass is 10.1. The Balaban J connectivity index is 2.33. The van der Waals surface area contributed by atoms with E-state index in [-0.39, 0.29) is 5.02 Å². The summed E-state index contributed by atoms with van der Waals surface area (Å²) in [5.74, 6) is -0.129. The summed E-state index contributed by atoms with van der Waals surface area (Å²) < 4.78 is 13.0. The summed E-state index contributed by atoms with van der Waals surface area (Å²) in [6.45, 7) is 0. The van der Waals surface area contributed by atoms with Gasteiger partial charge >= 0.3 is 0 Å². The maximum atomic E-state index is 13.0. The molecule has 0 aliphatic carbocycles. The van der Waals surface area contributed by atoms with E-state index < -0.39 is 5.82 Å². The van der Waals surface area contributed by atoms with Crippen LogP contribution in [0.3, 0.4) is 0 Å². The van der Waals surface area contributed by atoms with Gasteiger partial charge in [0.1, 0.15) is 5.82 Å². The number of nitrogens with one attached hydrogen (secondary N) is 1. The largest absolute Gasteiger partial charge is 0.275 e. The molecule has 0 saturated heterocycles. The van der Waals surface area contributed by atoms with Crippen LogP contribution in [-0.2, 0) is 0 Å². The molecule has 0 bridgehead atoms. The average molecular weight is 249 g/mol. The smallest absolute Gasteiger partial charge is 0.182 e. The van der Waals surface area contributed by atoms with E-state index >= 15 is 0 Å². The van der Waals surface area contributed by atoms with E-state index in [1.165, 1.54) is 12.1 Å². The molecule has 6 heteroatoms. The molecule has 0 radical (unpaired) electrons. The minimum Gasteiger partial charge on any atom is -0.275 e. The summed E-state index contributed by atoms with van der Waals surface area (Å²) >= 11 is 5.67. The van der Waals surface area contributed by atoms with E-state index in [9.17, 15) is 4.39 Å². The van der Waals surface area contributed by atoms with E-state index in [4.69, 9.17) is 16.9 Å². The van der Waals surface area contributed by atoms with Crippen molar-refractivity contribution in [3.63, 3.8) is 0 Å². The van der Waals surface area contributed by atoms with Gasteiger partial charge in [0.2, 0.25) is 0 Å². The van der Waals surface area contributed by atoms with Gasteiger partial charge < -0.3 is 0 Å². The Morgan fingerprint density at radius 2 is 2.06 bits per heavy atom. The van der Waals surface area contributed by atoms with Crippen molar-refractivity contribution in [3.05, 3.63) is 41.2 Å². The number of nitriles is 1. The van der Waals surface area contributed by atoms with Crippen LogP contribution < -0.4 is 5.32 Å². The molecule has 4 nitrogen and oxygen atoms in total. The highest BCUT2D eigenvalue weighted by Gasteiger charge is 2.05. The molecule has 0 fully saturated rings. The molecule has 17 heavy (non-hydrogen) atoms. The molecule has 2 rings (SSSR count). The summed E-state index contributed by atoms with van der Waals surface area (Å²) in [7, 11) is 0. The maximum absolute atomic E-state index is 13.0. The summed E-state index contributed by atoms with van der Waals surface area (Å²) in [6, 6.07) is 7.56. The number of benzene rings is 1. The minimum atomic E-state index is -0.480. The summed E-state index contributed by atoms with van der Waals surface area (Å²) in [6.07, 6.45) is 1.74. The van der Waals surface area contributed by atoms with Crippen molar-refractivity contribution in [2.45, 2.75) is 0 Å². The highest BCUT2D eigenvalue weighted by molar-refractivity contribution is 6.31. The second-order valence-electron chi connectivity index (χ2n) is 3.17. The Morgan fingerprint density at radius 1 is 1.24 bits per heavy atom. The molecular weight excluding hydrogens is 243 g/mol. The monoisotopic (exact) mass is 248 g/mol. The van der Waals surface area contributed by atoms with Gasteiger partial charge in [-0.25, -0.2) is 4.39 Å². The van der Waals surface area contributed by atoms with E-state index in [1.54, 1.807) is 24.4 Å². The van der Waals surface area contributed by atoms with Gasteiger partial charge in [0.05, 0.1) is 10.7 Å². The van der Waals surface area contributed by atoms with Crippen molar-refractivity contribution in [1.82, 2.24) is 10.2 Å². The zero-order valence-electron chi connectivity index (χ0n) is 8.48. The van der Waals surface area contributed by atoms with Crippen molar-refractivity contribution in [1.29, 1.82) is 5.26 Å². The van der Waals surface area contributed by atoms with Gasteiger partial charge in [-0.1, -0.05) is 11.6 Å². The number of anilines is 1. The lowest BCUT2D eigenvalue weighted by Crippen LogP contribution is -1.95. The highest BCUT2D eigenvalue weighted by atomic mass is 35.5. The van der Waals surface area contributed by atoms with E-state index in [0.717, 1.165) is 0 Å². The number of aromatic nitrogens is 2. The van der Waals surface area contributed by atoms with Gasteiger partial charge in [-0.2, -0.15) is 5.26 Å². The van der Waals surface area contributed by atoms with Crippen molar-refractivity contribution < 1.29 is 4.39 Å². The minimum absolute atomic E-state index is 0.0310. The number of hydrogen-bond donors (Lipinski definition) is 1. The van der Waals surface area contributed by atoms with E-state index in [2.05, 4.69) is 15.5 Å². The van der Waals surface area contributed by atoms with Crippen LogP contribution in [0.4, 0.5) is 10.2 Å². The van der Waals surface area contributed by atoms with Crippen LogP contribution in [0.5, 0.6) is 0 Å². The zero-order valence-corrected chi connectivity index (χ0v) is 9.24. The molecule has 1 aromatic heterocycles. The number of nitrogens with zero attached hydrogens (tertiary/aromatic N) is 3. The molecule has 1 heterocycles. The number of hydrogen-bond acceptors (Lipinski definition) is 4. The zero-order chi connectivity index (χ0) is 12.3. The fourth-order valence-corrected chi connectivity index (χ4v) is 1.45. The van der Waals surface area contributed by atoms with Gasteiger partial charge in [0.25, 0.3) is 0 Å². The topological polar surface area (TPSA) is 61.6 Å². The molecule has 0 aliphatic heterocycles.